The number of carbonyl (C=O) groups is 2. The summed E-state index contributed by atoms with van der Waals surface area (Å²) in [6.45, 7) is 0.572. The second kappa shape index (κ2) is 9.44. The molecule has 1 N–H and O–H groups in total. The fourth-order valence-electron chi connectivity index (χ4n) is 4.34. The molecule has 1 amide bonds. The Hall–Kier alpha value is -2.42. The van der Waals surface area contributed by atoms with Gasteiger partial charge in [0.05, 0.1) is 17.4 Å². The number of hydrogen-bond acceptors (Lipinski definition) is 5. The van der Waals surface area contributed by atoms with E-state index in [1.165, 1.54) is 35.7 Å². The summed E-state index contributed by atoms with van der Waals surface area (Å²) in [5.41, 5.74) is 0.996. The molecular weight excluding hydrogens is 464 g/mol. The molecule has 0 unspecified atom stereocenters. The van der Waals surface area contributed by atoms with E-state index >= 15 is 0 Å². The predicted octanol–water partition coefficient (Wildman–Crippen LogP) is 3.40. The molecule has 1 aliphatic heterocycles. The maximum absolute atomic E-state index is 13.6. The Morgan fingerprint density at radius 1 is 1.12 bits per heavy atom. The quantitative estimate of drug-likeness (QED) is 0.600. The van der Waals surface area contributed by atoms with Crippen molar-refractivity contribution >= 4 is 33.5 Å². The smallest absolute Gasteiger partial charge is 0.316 e. The molecule has 2 aliphatic rings. The molecule has 1 saturated carbocycles. The highest BCUT2D eigenvalue weighted by atomic mass is 35.5. The minimum absolute atomic E-state index is 0.0363. The molecule has 9 heteroatoms. The maximum Gasteiger partial charge on any atom is 0.316 e. The molecular formula is C24H27ClN2O5S. The number of nitrogens with zero attached hydrogens (tertiary/aromatic N) is 1. The Morgan fingerprint density at radius 2 is 1.79 bits per heavy atom. The van der Waals surface area contributed by atoms with Gasteiger partial charge >= 0.3 is 5.97 Å². The van der Waals surface area contributed by atoms with Gasteiger partial charge in [-0.05, 0) is 67.5 Å². The summed E-state index contributed by atoms with van der Waals surface area (Å²) in [7, 11) is -2.59. The first-order valence-electron chi connectivity index (χ1n) is 11.0. The lowest BCUT2D eigenvalue weighted by Crippen LogP contribution is -2.48. The van der Waals surface area contributed by atoms with Crippen LogP contribution in [-0.2, 0) is 36.3 Å². The van der Waals surface area contributed by atoms with Crippen LogP contribution in [0.5, 0.6) is 0 Å². The van der Waals surface area contributed by atoms with Crippen molar-refractivity contribution in [1.29, 1.82) is 0 Å². The third kappa shape index (κ3) is 4.78. The van der Waals surface area contributed by atoms with Crippen LogP contribution < -0.4 is 5.32 Å². The van der Waals surface area contributed by atoms with E-state index in [0.717, 1.165) is 36.8 Å². The van der Waals surface area contributed by atoms with Gasteiger partial charge < -0.3 is 10.1 Å². The molecule has 1 heterocycles. The third-order valence-electron chi connectivity index (χ3n) is 6.45. The number of ether oxygens (including phenoxy) is 1. The molecule has 1 saturated heterocycles. The van der Waals surface area contributed by atoms with Crippen LogP contribution in [-0.4, -0.2) is 44.3 Å². The van der Waals surface area contributed by atoms with E-state index in [0.29, 0.717) is 18.0 Å². The molecule has 2 aromatic rings. The molecule has 0 bridgehead atoms. The van der Waals surface area contributed by atoms with E-state index < -0.39 is 21.5 Å². The Morgan fingerprint density at radius 3 is 2.39 bits per heavy atom. The van der Waals surface area contributed by atoms with Crippen LogP contribution in [0, 0.1) is 0 Å². The lowest BCUT2D eigenvalue weighted by atomic mass is 9.95. The van der Waals surface area contributed by atoms with Crippen molar-refractivity contribution in [1.82, 2.24) is 9.62 Å². The first-order valence-corrected chi connectivity index (χ1v) is 12.8. The van der Waals surface area contributed by atoms with E-state index in [-0.39, 0.29) is 23.3 Å². The van der Waals surface area contributed by atoms with Gasteiger partial charge in [0.25, 0.3) is 0 Å². The number of benzene rings is 2. The van der Waals surface area contributed by atoms with Gasteiger partial charge in [-0.15, -0.1) is 0 Å². The van der Waals surface area contributed by atoms with Gasteiger partial charge in [-0.3, -0.25) is 9.59 Å². The summed E-state index contributed by atoms with van der Waals surface area (Å²) < 4.78 is 33.5. The van der Waals surface area contributed by atoms with E-state index in [1.807, 2.05) is 24.3 Å². The standard InChI is InChI=1S/C24H27ClN2O5S/c1-32-23(29)24(13-14-24)18-7-5-17(6-8-18)16-27(21-4-2-3-15-26-22(21)28)33(30,31)20-11-9-19(25)10-12-20/h5-12,21H,2-4,13-16H2,1H3,(H,26,28)/t21-/m1/s1. The molecule has 2 aromatic carbocycles. The lowest BCUT2D eigenvalue weighted by Gasteiger charge is -2.29. The zero-order valence-electron chi connectivity index (χ0n) is 18.4. The van der Waals surface area contributed by atoms with Gasteiger partial charge in [0.1, 0.15) is 6.04 Å². The fourth-order valence-corrected chi connectivity index (χ4v) is 6.07. The van der Waals surface area contributed by atoms with Crippen molar-refractivity contribution in [3.05, 3.63) is 64.7 Å². The number of amides is 1. The van der Waals surface area contributed by atoms with Gasteiger partial charge in [-0.25, -0.2) is 8.42 Å². The zero-order chi connectivity index (χ0) is 23.6. The maximum atomic E-state index is 13.6. The van der Waals surface area contributed by atoms with Crippen molar-refractivity contribution in [2.45, 2.75) is 55.0 Å². The number of sulfonamides is 1. The fraction of sp³-hybridized carbons (Fsp3) is 0.417. The Labute approximate surface area is 199 Å². The number of halogens is 1. The molecule has 33 heavy (non-hydrogen) atoms. The molecule has 176 valence electrons. The molecule has 4 rings (SSSR count). The van der Waals surface area contributed by atoms with E-state index in [2.05, 4.69) is 5.32 Å². The second-order valence-corrected chi connectivity index (χ2v) is 10.9. The Bertz CT molecular complexity index is 1130. The van der Waals surface area contributed by atoms with E-state index in [1.54, 1.807) is 0 Å². The number of methoxy groups -OCH3 is 1. The molecule has 0 radical (unpaired) electrons. The van der Waals surface area contributed by atoms with Crippen LogP contribution in [0.1, 0.15) is 43.2 Å². The lowest BCUT2D eigenvalue weighted by molar-refractivity contribution is -0.143. The first-order chi connectivity index (χ1) is 15.8. The summed E-state index contributed by atoms with van der Waals surface area (Å²) in [5.74, 6) is -0.540. The summed E-state index contributed by atoms with van der Waals surface area (Å²) >= 11 is 5.95. The van der Waals surface area contributed by atoms with Crippen molar-refractivity contribution in [3.63, 3.8) is 0 Å². The van der Waals surface area contributed by atoms with Gasteiger partial charge in [0, 0.05) is 18.1 Å². The zero-order valence-corrected chi connectivity index (χ0v) is 20.0. The molecule has 0 aromatic heterocycles. The van der Waals surface area contributed by atoms with Crippen molar-refractivity contribution in [2.24, 2.45) is 0 Å². The van der Waals surface area contributed by atoms with Crippen LogP contribution in [0.4, 0.5) is 0 Å². The van der Waals surface area contributed by atoms with Gasteiger partial charge in [-0.1, -0.05) is 35.9 Å². The van der Waals surface area contributed by atoms with Crippen LogP contribution >= 0.6 is 11.6 Å². The number of esters is 1. The van der Waals surface area contributed by atoms with Crippen molar-refractivity contribution in [3.8, 4) is 0 Å². The minimum Gasteiger partial charge on any atom is -0.468 e. The molecule has 1 atom stereocenters. The van der Waals surface area contributed by atoms with Gasteiger partial charge in [0.2, 0.25) is 15.9 Å². The SMILES string of the molecule is COC(=O)C1(c2ccc(CN([C@@H]3CCCCNC3=O)S(=O)(=O)c3ccc(Cl)cc3)cc2)CC1. The molecule has 0 spiro atoms. The van der Waals surface area contributed by atoms with Crippen LogP contribution in [0.2, 0.25) is 5.02 Å². The average molecular weight is 491 g/mol. The predicted molar refractivity (Wildman–Crippen MR) is 124 cm³/mol. The van der Waals surface area contributed by atoms with Crippen LogP contribution in [0.25, 0.3) is 0 Å². The summed E-state index contributed by atoms with van der Waals surface area (Å²) in [6.07, 6.45) is 3.47. The summed E-state index contributed by atoms with van der Waals surface area (Å²) in [5, 5.41) is 3.27. The summed E-state index contributed by atoms with van der Waals surface area (Å²) in [4.78, 5) is 25.1. The minimum atomic E-state index is -3.97. The number of nitrogens with one attached hydrogen (secondary N) is 1. The molecule has 7 nitrogen and oxygen atoms in total. The average Bonchev–Trinajstić information content (AvgIpc) is 3.64. The number of rotatable bonds is 7. The molecule has 1 aliphatic carbocycles. The van der Waals surface area contributed by atoms with Crippen molar-refractivity contribution in [2.75, 3.05) is 13.7 Å². The van der Waals surface area contributed by atoms with Crippen molar-refractivity contribution < 1.29 is 22.7 Å². The highest BCUT2D eigenvalue weighted by molar-refractivity contribution is 7.89. The van der Waals surface area contributed by atoms with E-state index in [4.69, 9.17) is 16.3 Å². The normalized spacial score (nSPS) is 20.1. The van der Waals surface area contributed by atoms with Gasteiger partial charge in [-0.2, -0.15) is 4.31 Å². The van der Waals surface area contributed by atoms with Gasteiger partial charge in [0.15, 0.2) is 0 Å². The van der Waals surface area contributed by atoms with Crippen LogP contribution in [0.15, 0.2) is 53.4 Å². The third-order valence-corrected chi connectivity index (χ3v) is 8.57. The van der Waals surface area contributed by atoms with Crippen LogP contribution in [0.3, 0.4) is 0 Å². The largest absolute Gasteiger partial charge is 0.468 e. The highest BCUT2D eigenvalue weighted by Gasteiger charge is 2.52. The molecule has 2 fully saturated rings. The second-order valence-electron chi connectivity index (χ2n) is 8.58. The first kappa shape index (κ1) is 23.7. The highest BCUT2D eigenvalue weighted by Crippen LogP contribution is 2.49. The Kier molecular flexibility index (Phi) is 6.79. The topological polar surface area (TPSA) is 92.8 Å². The number of carbonyl (C=O) groups excluding carboxylic acids is 2. The monoisotopic (exact) mass is 490 g/mol. The van der Waals surface area contributed by atoms with E-state index in [9.17, 15) is 18.0 Å². The number of hydrogen-bond donors (Lipinski definition) is 1. The Balaban J connectivity index is 1.66. The summed E-state index contributed by atoms with van der Waals surface area (Å²) in [6, 6.07) is 12.5.